The van der Waals surface area contributed by atoms with Crippen molar-refractivity contribution in [3.05, 3.63) is 63.1 Å². The van der Waals surface area contributed by atoms with Crippen LogP contribution in [0, 0.1) is 6.92 Å². The molecule has 27 heavy (non-hydrogen) atoms. The number of nitrogens with zero attached hydrogens (tertiary/aromatic N) is 1. The van der Waals surface area contributed by atoms with E-state index in [4.69, 9.17) is 0 Å². The van der Waals surface area contributed by atoms with E-state index in [0.717, 1.165) is 28.6 Å². The van der Waals surface area contributed by atoms with Crippen molar-refractivity contribution in [3.8, 4) is 0 Å². The molecular weight excluding hydrogens is 404 g/mol. The molecule has 5 heteroatoms. The molecule has 1 unspecified atom stereocenters. The van der Waals surface area contributed by atoms with Gasteiger partial charge in [0.1, 0.15) is 6.04 Å². The number of amides is 2. The van der Waals surface area contributed by atoms with Gasteiger partial charge in [-0.25, -0.2) is 0 Å². The summed E-state index contributed by atoms with van der Waals surface area (Å²) in [6.45, 7) is 2.51. The van der Waals surface area contributed by atoms with Gasteiger partial charge >= 0.3 is 0 Å². The summed E-state index contributed by atoms with van der Waals surface area (Å²) in [7, 11) is 0. The molecule has 0 bridgehead atoms. The first-order valence-electron chi connectivity index (χ1n) is 9.48. The lowest BCUT2D eigenvalue weighted by molar-refractivity contribution is -0.133. The number of rotatable bonds is 4. The van der Waals surface area contributed by atoms with Gasteiger partial charge in [0.2, 0.25) is 11.8 Å². The molecule has 0 saturated carbocycles. The standard InChI is InChI=1S/C22H23BrN2O2/c1-14-5-7-15(8-6-14)13-25-20(9-10-21(25)26)22(27)24-19-12-17-4-2-3-16(17)11-18(19)23/h5-8,11-12,20H,2-4,9-10,13H2,1H3,(H,24,27). The van der Waals surface area contributed by atoms with Gasteiger partial charge in [0.25, 0.3) is 0 Å². The predicted molar refractivity (Wildman–Crippen MR) is 110 cm³/mol. The van der Waals surface area contributed by atoms with Crippen LogP contribution in [0.1, 0.15) is 41.5 Å². The van der Waals surface area contributed by atoms with E-state index in [-0.39, 0.29) is 11.8 Å². The Bertz CT molecular complexity index is 892. The third-order valence-electron chi connectivity index (χ3n) is 5.54. The Kier molecular flexibility index (Phi) is 5.04. The van der Waals surface area contributed by atoms with E-state index in [2.05, 4.69) is 33.4 Å². The molecule has 4 rings (SSSR count). The molecule has 1 aliphatic carbocycles. The fraction of sp³-hybridized carbons (Fsp3) is 0.364. The lowest BCUT2D eigenvalue weighted by Gasteiger charge is -2.24. The molecule has 1 atom stereocenters. The average Bonchev–Trinajstić information content (AvgIpc) is 3.24. The summed E-state index contributed by atoms with van der Waals surface area (Å²) >= 11 is 3.58. The van der Waals surface area contributed by atoms with Crippen LogP contribution < -0.4 is 5.32 Å². The Morgan fingerprint density at radius 1 is 1.15 bits per heavy atom. The van der Waals surface area contributed by atoms with Crippen LogP contribution >= 0.6 is 15.9 Å². The van der Waals surface area contributed by atoms with Gasteiger partial charge in [-0.1, -0.05) is 29.8 Å². The largest absolute Gasteiger partial charge is 0.326 e. The van der Waals surface area contributed by atoms with Crippen LogP contribution in [-0.4, -0.2) is 22.8 Å². The number of fused-ring (bicyclic) bond motifs is 1. The summed E-state index contributed by atoms with van der Waals surface area (Å²) in [5.74, 6) is -0.0599. The molecule has 2 aromatic rings. The Morgan fingerprint density at radius 2 is 1.85 bits per heavy atom. The van der Waals surface area contributed by atoms with Crippen LogP contribution in [-0.2, 0) is 29.0 Å². The first-order chi connectivity index (χ1) is 13.0. The maximum Gasteiger partial charge on any atom is 0.247 e. The average molecular weight is 427 g/mol. The molecule has 2 aliphatic rings. The highest BCUT2D eigenvalue weighted by Crippen LogP contribution is 2.32. The van der Waals surface area contributed by atoms with Crippen molar-refractivity contribution in [2.75, 3.05) is 5.32 Å². The molecule has 1 heterocycles. The highest BCUT2D eigenvalue weighted by molar-refractivity contribution is 9.10. The van der Waals surface area contributed by atoms with Gasteiger partial charge in [-0.05, 0) is 77.4 Å². The monoisotopic (exact) mass is 426 g/mol. The Labute approximate surface area is 168 Å². The normalized spacial score (nSPS) is 18.7. The minimum Gasteiger partial charge on any atom is -0.326 e. The molecule has 2 amide bonds. The van der Waals surface area contributed by atoms with Crippen LogP contribution in [0.2, 0.25) is 0 Å². The molecule has 1 aliphatic heterocycles. The zero-order valence-corrected chi connectivity index (χ0v) is 17.0. The summed E-state index contributed by atoms with van der Waals surface area (Å²) in [6.07, 6.45) is 4.32. The molecule has 1 N–H and O–H groups in total. The van der Waals surface area contributed by atoms with Gasteiger partial charge in [0.15, 0.2) is 0 Å². The predicted octanol–water partition coefficient (Wildman–Crippen LogP) is 4.38. The van der Waals surface area contributed by atoms with Crippen molar-refractivity contribution < 1.29 is 9.59 Å². The highest BCUT2D eigenvalue weighted by Gasteiger charge is 2.36. The van der Waals surface area contributed by atoms with Gasteiger partial charge in [-0.2, -0.15) is 0 Å². The number of carbonyl (C=O) groups excluding carboxylic acids is 2. The molecule has 140 valence electrons. The Balaban J connectivity index is 1.50. The Hall–Kier alpha value is -2.14. The molecule has 0 aromatic heterocycles. The SMILES string of the molecule is Cc1ccc(CN2C(=O)CCC2C(=O)Nc2cc3c(cc2Br)CCC3)cc1. The quantitative estimate of drug-likeness (QED) is 0.788. The second-order valence-corrected chi connectivity index (χ2v) is 8.36. The smallest absolute Gasteiger partial charge is 0.247 e. The summed E-state index contributed by atoms with van der Waals surface area (Å²) < 4.78 is 0.908. The summed E-state index contributed by atoms with van der Waals surface area (Å²) in [4.78, 5) is 27.0. The summed E-state index contributed by atoms with van der Waals surface area (Å²) in [5, 5.41) is 3.05. The van der Waals surface area contributed by atoms with Crippen LogP contribution in [0.15, 0.2) is 40.9 Å². The molecule has 2 aromatic carbocycles. The molecule has 4 nitrogen and oxygen atoms in total. The number of likely N-dealkylation sites (tertiary alicyclic amines) is 1. The van der Waals surface area contributed by atoms with Gasteiger partial charge in [-0.15, -0.1) is 0 Å². The highest BCUT2D eigenvalue weighted by atomic mass is 79.9. The molecule has 0 radical (unpaired) electrons. The Morgan fingerprint density at radius 3 is 2.59 bits per heavy atom. The van der Waals surface area contributed by atoms with E-state index < -0.39 is 6.04 Å². The van der Waals surface area contributed by atoms with Crippen molar-refractivity contribution in [2.45, 2.75) is 51.6 Å². The second-order valence-electron chi connectivity index (χ2n) is 7.51. The van der Waals surface area contributed by atoms with Crippen LogP contribution in [0.4, 0.5) is 5.69 Å². The molecule has 1 saturated heterocycles. The maximum atomic E-state index is 12.9. The molecule has 1 fully saturated rings. The topological polar surface area (TPSA) is 49.4 Å². The third kappa shape index (κ3) is 3.79. The lowest BCUT2D eigenvalue weighted by Crippen LogP contribution is -2.41. The van der Waals surface area contributed by atoms with Gasteiger partial charge in [-0.3, -0.25) is 9.59 Å². The van der Waals surface area contributed by atoms with Crippen LogP contribution in [0.3, 0.4) is 0 Å². The fourth-order valence-electron chi connectivity index (χ4n) is 4.00. The van der Waals surface area contributed by atoms with E-state index in [1.165, 1.54) is 23.1 Å². The minimum atomic E-state index is -0.418. The van der Waals surface area contributed by atoms with Crippen LogP contribution in [0.5, 0.6) is 0 Å². The minimum absolute atomic E-state index is 0.0451. The first kappa shape index (κ1) is 18.2. The first-order valence-corrected chi connectivity index (χ1v) is 10.3. The fourth-order valence-corrected chi connectivity index (χ4v) is 4.49. The van der Waals surface area contributed by atoms with E-state index >= 15 is 0 Å². The van der Waals surface area contributed by atoms with E-state index in [0.29, 0.717) is 19.4 Å². The zero-order chi connectivity index (χ0) is 19.0. The number of nitrogens with one attached hydrogen (secondary N) is 1. The number of aryl methyl sites for hydroxylation is 3. The number of anilines is 1. The van der Waals surface area contributed by atoms with Gasteiger partial charge < -0.3 is 10.2 Å². The van der Waals surface area contributed by atoms with Gasteiger partial charge in [0, 0.05) is 17.4 Å². The second kappa shape index (κ2) is 7.47. The van der Waals surface area contributed by atoms with E-state index in [9.17, 15) is 9.59 Å². The number of hydrogen-bond donors (Lipinski definition) is 1. The molecule has 0 spiro atoms. The summed E-state index contributed by atoms with van der Waals surface area (Å²) in [5.41, 5.74) is 5.70. The summed E-state index contributed by atoms with van der Waals surface area (Å²) in [6, 6.07) is 11.9. The van der Waals surface area contributed by atoms with Crippen LogP contribution in [0.25, 0.3) is 0 Å². The maximum absolute atomic E-state index is 12.9. The van der Waals surface area contributed by atoms with Crippen molar-refractivity contribution in [2.24, 2.45) is 0 Å². The number of benzene rings is 2. The molecular formula is C22H23BrN2O2. The van der Waals surface area contributed by atoms with Gasteiger partial charge in [0.05, 0.1) is 5.69 Å². The third-order valence-corrected chi connectivity index (χ3v) is 6.20. The van der Waals surface area contributed by atoms with Crippen molar-refractivity contribution in [3.63, 3.8) is 0 Å². The number of carbonyl (C=O) groups is 2. The van der Waals surface area contributed by atoms with E-state index in [1.54, 1.807) is 4.90 Å². The lowest BCUT2D eigenvalue weighted by atomic mass is 10.1. The van der Waals surface area contributed by atoms with E-state index in [1.807, 2.05) is 31.2 Å². The number of hydrogen-bond acceptors (Lipinski definition) is 2. The zero-order valence-electron chi connectivity index (χ0n) is 15.4. The number of halogens is 1. The van der Waals surface area contributed by atoms with Crippen molar-refractivity contribution in [1.82, 2.24) is 4.90 Å². The van der Waals surface area contributed by atoms with Crippen molar-refractivity contribution in [1.29, 1.82) is 0 Å². The van der Waals surface area contributed by atoms with Crippen molar-refractivity contribution >= 4 is 33.4 Å².